The monoisotopic (exact) mass is 262 g/mol. The molecule has 0 spiro atoms. The normalized spacial score (nSPS) is 22.5. The molecule has 0 saturated heterocycles. The van der Waals surface area contributed by atoms with E-state index in [2.05, 4.69) is 32.9 Å². The van der Waals surface area contributed by atoms with Gasteiger partial charge in [-0.1, -0.05) is 12.1 Å². The number of rotatable bonds is 4. The minimum atomic E-state index is -0.700. The molecule has 0 radical (unpaired) electrons. The van der Waals surface area contributed by atoms with Gasteiger partial charge in [-0.15, -0.1) is 0 Å². The van der Waals surface area contributed by atoms with Crippen LogP contribution in [-0.2, 0) is 4.79 Å². The average molecular weight is 262 g/mol. The van der Waals surface area contributed by atoms with E-state index in [0.29, 0.717) is 0 Å². The summed E-state index contributed by atoms with van der Waals surface area (Å²) in [5.74, 6) is 0.558. The van der Waals surface area contributed by atoms with Gasteiger partial charge < -0.3 is 9.84 Å². The topological polar surface area (TPSA) is 46.5 Å². The summed E-state index contributed by atoms with van der Waals surface area (Å²) in [6.07, 6.45) is 3.22. The second-order valence-electron chi connectivity index (χ2n) is 5.67. The van der Waals surface area contributed by atoms with Gasteiger partial charge in [-0.2, -0.15) is 0 Å². The third kappa shape index (κ3) is 3.28. The SMILES string of the molecule is Cc1ccc(C)c(OC2CCC(CC(=O)O)C2)c1C. The molecule has 2 unspecified atom stereocenters. The molecule has 2 atom stereocenters. The van der Waals surface area contributed by atoms with E-state index in [1.807, 2.05) is 0 Å². The van der Waals surface area contributed by atoms with E-state index in [4.69, 9.17) is 9.84 Å². The first-order valence-corrected chi connectivity index (χ1v) is 6.92. The highest BCUT2D eigenvalue weighted by atomic mass is 16.5. The Kier molecular flexibility index (Phi) is 4.13. The summed E-state index contributed by atoms with van der Waals surface area (Å²) in [5.41, 5.74) is 3.59. The molecular weight excluding hydrogens is 240 g/mol. The number of aryl methyl sites for hydroxylation is 2. The summed E-state index contributed by atoms with van der Waals surface area (Å²) in [7, 11) is 0. The van der Waals surface area contributed by atoms with Crippen LogP contribution in [0.5, 0.6) is 5.75 Å². The number of ether oxygens (including phenoxy) is 1. The Morgan fingerprint density at radius 1 is 1.26 bits per heavy atom. The van der Waals surface area contributed by atoms with Gasteiger partial charge in [0.25, 0.3) is 0 Å². The standard InChI is InChI=1S/C16H22O3/c1-10-4-5-11(2)16(12(10)3)19-14-7-6-13(8-14)9-15(17)18/h4-5,13-14H,6-9H2,1-3H3,(H,17,18). The van der Waals surface area contributed by atoms with Crippen LogP contribution in [0.4, 0.5) is 0 Å². The molecule has 3 heteroatoms. The van der Waals surface area contributed by atoms with Crippen molar-refractivity contribution in [3.05, 3.63) is 28.8 Å². The van der Waals surface area contributed by atoms with Gasteiger partial charge in [0.1, 0.15) is 5.75 Å². The molecule has 0 aromatic heterocycles. The lowest BCUT2D eigenvalue weighted by Crippen LogP contribution is -2.15. The van der Waals surface area contributed by atoms with Gasteiger partial charge in [-0.3, -0.25) is 4.79 Å². The molecule has 3 nitrogen and oxygen atoms in total. The van der Waals surface area contributed by atoms with Crippen molar-refractivity contribution >= 4 is 5.97 Å². The molecule has 1 aliphatic rings. The maximum Gasteiger partial charge on any atom is 0.303 e. The highest BCUT2D eigenvalue weighted by Crippen LogP contribution is 2.34. The molecule has 0 bridgehead atoms. The molecule has 19 heavy (non-hydrogen) atoms. The van der Waals surface area contributed by atoms with E-state index in [-0.39, 0.29) is 18.4 Å². The summed E-state index contributed by atoms with van der Waals surface area (Å²) in [6.45, 7) is 6.23. The molecule has 1 aromatic carbocycles. The van der Waals surface area contributed by atoms with Crippen molar-refractivity contribution in [2.75, 3.05) is 0 Å². The Balaban J connectivity index is 2.03. The largest absolute Gasteiger partial charge is 0.490 e. The quantitative estimate of drug-likeness (QED) is 0.901. The highest BCUT2D eigenvalue weighted by Gasteiger charge is 2.28. The average Bonchev–Trinajstić information content (AvgIpc) is 2.76. The minimum Gasteiger partial charge on any atom is -0.490 e. The summed E-state index contributed by atoms with van der Waals surface area (Å²) in [5, 5.41) is 8.83. The molecule has 1 aromatic rings. The lowest BCUT2D eigenvalue weighted by atomic mass is 10.0. The molecule has 0 aliphatic heterocycles. The van der Waals surface area contributed by atoms with Gasteiger partial charge in [0.15, 0.2) is 0 Å². The van der Waals surface area contributed by atoms with Crippen molar-refractivity contribution < 1.29 is 14.6 Å². The zero-order valence-electron chi connectivity index (χ0n) is 11.9. The fraction of sp³-hybridized carbons (Fsp3) is 0.562. The van der Waals surface area contributed by atoms with E-state index >= 15 is 0 Å². The first kappa shape index (κ1) is 13.9. The van der Waals surface area contributed by atoms with Crippen LogP contribution in [-0.4, -0.2) is 17.2 Å². The molecule has 1 fully saturated rings. The second kappa shape index (κ2) is 5.64. The molecule has 1 saturated carbocycles. The molecule has 2 rings (SSSR count). The van der Waals surface area contributed by atoms with E-state index in [1.54, 1.807) is 0 Å². The van der Waals surface area contributed by atoms with Crippen LogP contribution in [0.15, 0.2) is 12.1 Å². The van der Waals surface area contributed by atoms with Crippen LogP contribution >= 0.6 is 0 Å². The van der Waals surface area contributed by atoms with Crippen molar-refractivity contribution in [2.24, 2.45) is 5.92 Å². The van der Waals surface area contributed by atoms with Crippen LogP contribution in [0, 0.1) is 26.7 Å². The number of carboxylic acids is 1. The van der Waals surface area contributed by atoms with Gasteiger partial charge in [-0.25, -0.2) is 0 Å². The lowest BCUT2D eigenvalue weighted by Gasteiger charge is -2.19. The van der Waals surface area contributed by atoms with Gasteiger partial charge in [0, 0.05) is 6.42 Å². The minimum absolute atomic E-state index is 0.170. The van der Waals surface area contributed by atoms with E-state index in [9.17, 15) is 4.79 Å². The third-order valence-corrected chi connectivity index (χ3v) is 4.11. The summed E-state index contributed by atoms with van der Waals surface area (Å²) >= 11 is 0. The molecular formula is C16H22O3. The number of carboxylic acid groups (broad SMARTS) is 1. The van der Waals surface area contributed by atoms with Gasteiger partial charge >= 0.3 is 5.97 Å². The van der Waals surface area contributed by atoms with Crippen molar-refractivity contribution in [1.29, 1.82) is 0 Å². The van der Waals surface area contributed by atoms with Gasteiger partial charge in [0.05, 0.1) is 6.10 Å². The molecule has 0 amide bonds. The summed E-state index contributed by atoms with van der Waals surface area (Å²) < 4.78 is 6.14. The number of hydrogen-bond donors (Lipinski definition) is 1. The van der Waals surface area contributed by atoms with Crippen molar-refractivity contribution in [2.45, 2.75) is 52.6 Å². The molecule has 104 valence electrons. The van der Waals surface area contributed by atoms with E-state index in [1.165, 1.54) is 11.1 Å². The fourth-order valence-electron chi connectivity index (χ4n) is 2.84. The molecule has 0 heterocycles. The lowest BCUT2D eigenvalue weighted by molar-refractivity contribution is -0.138. The maximum absolute atomic E-state index is 10.7. The Hall–Kier alpha value is -1.51. The van der Waals surface area contributed by atoms with Crippen LogP contribution in [0.3, 0.4) is 0 Å². The predicted molar refractivity (Wildman–Crippen MR) is 74.7 cm³/mol. The van der Waals surface area contributed by atoms with Crippen molar-refractivity contribution in [3.63, 3.8) is 0 Å². The zero-order chi connectivity index (χ0) is 14.0. The number of carbonyl (C=O) groups is 1. The molecule has 1 aliphatic carbocycles. The second-order valence-corrected chi connectivity index (χ2v) is 5.67. The predicted octanol–water partition coefficient (Wildman–Crippen LogP) is 3.63. The summed E-state index contributed by atoms with van der Waals surface area (Å²) in [6, 6.07) is 4.20. The van der Waals surface area contributed by atoms with Crippen LogP contribution in [0.25, 0.3) is 0 Å². The highest BCUT2D eigenvalue weighted by molar-refractivity contribution is 5.67. The van der Waals surface area contributed by atoms with Crippen molar-refractivity contribution in [1.82, 2.24) is 0 Å². The zero-order valence-corrected chi connectivity index (χ0v) is 11.9. The molecule has 1 N–H and O–H groups in total. The Labute approximate surface area is 114 Å². The fourth-order valence-corrected chi connectivity index (χ4v) is 2.84. The van der Waals surface area contributed by atoms with Crippen LogP contribution < -0.4 is 4.74 Å². The Morgan fingerprint density at radius 2 is 1.95 bits per heavy atom. The van der Waals surface area contributed by atoms with Gasteiger partial charge in [-0.05, 0) is 62.6 Å². The van der Waals surface area contributed by atoms with Crippen molar-refractivity contribution in [3.8, 4) is 5.75 Å². The summed E-state index contributed by atoms with van der Waals surface area (Å²) in [4.78, 5) is 10.7. The van der Waals surface area contributed by atoms with Crippen LogP contribution in [0.1, 0.15) is 42.4 Å². The van der Waals surface area contributed by atoms with E-state index in [0.717, 1.165) is 30.6 Å². The first-order valence-electron chi connectivity index (χ1n) is 6.92. The number of benzene rings is 1. The maximum atomic E-state index is 10.7. The smallest absolute Gasteiger partial charge is 0.303 e. The third-order valence-electron chi connectivity index (χ3n) is 4.11. The first-order chi connectivity index (χ1) is 8.97. The number of aliphatic carboxylic acids is 1. The Morgan fingerprint density at radius 3 is 2.63 bits per heavy atom. The number of hydrogen-bond acceptors (Lipinski definition) is 2. The Bertz CT molecular complexity index is 479. The van der Waals surface area contributed by atoms with Gasteiger partial charge in [0.2, 0.25) is 0 Å². The van der Waals surface area contributed by atoms with Crippen LogP contribution in [0.2, 0.25) is 0 Å². The van der Waals surface area contributed by atoms with E-state index < -0.39 is 5.97 Å².